The average molecular weight is 353 g/mol. The number of amides is 1. The predicted molar refractivity (Wildman–Crippen MR) is 95.7 cm³/mol. The number of hydrogen-bond acceptors (Lipinski definition) is 1. The molecule has 0 aliphatic carbocycles. The lowest BCUT2D eigenvalue weighted by molar-refractivity contribution is -0.131. The summed E-state index contributed by atoms with van der Waals surface area (Å²) in [7, 11) is 1.78. The maximum absolute atomic E-state index is 13.4. The molecule has 1 radical (unpaired) electrons. The second-order valence-corrected chi connectivity index (χ2v) is 6.82. The number of benzene rings is 2. The standard InChI is InChI=1S/C21H19F2N2O/c1-24(21(26)11-14-6-9-18(22)19(23)10-14)17-8-7-16-12-15-4-2-3-5-20(15)25(16)13-17/h2-6,9-10,17H,7-8,11,13H2,1H3/t17-/m1/s1. The van der Waals surface area contributed by atoms with Crippen LogP contribution in [0.15, 0.2) is 42.5 Å². The van der Waals surface area contributed by atoms with E-state index in [9.17, 15) is 13.6 Å². The normalized spacial score (nSPS) is 16.5. The number of carbonyl (C=O) groups is 1. The number of aromatic nitrogens is 1. The van der Waals surface area contributed by atoms with E-state index in [-0.39, 0.29) is 18.4 Å². The lowest BCUT2D eigenvalue weighted by Gasteiger charge is -2.33. The zero-order chi connectivity index (χ0) is 18.3. The van der Waals surface area contributed by atoms with E-state index in [4.69, 9.17) is 0 Å². The highest BCUT2D eigenvalue weighted by Gasteiger charge is 2.26. The van der Waals surface area contributed by atoms with Gasteiger partial charge in [-0.3, -0.25) is 4.79 Å². The molecule has 1 amide bonds. The predicted octanol–water partition coefficient (Wildman–Crippen LogP) is 3.74. The van der Waals surface area contributed by atoms with Crippen molar-refractivity contribution in [2.24, 2.45) is 0 Å². The van der Waals surface area contributed by atoms with Crippen molar-refractivity contribution in [3.63, 3.8) is 0 Å². The average Bonchev–Trinajstić information content (AvgIpc) is 3.02. The van der Waals surface area contributed by atoms with Crippen LogP contribution >= 0.6 is 0 Å². The van der Waals surface area contributed by atoms with Crippen LogP contribution < -0.4 is 0 Å². The van der Waals surface area contributed by atoms with Gasteiger partial charge in [-0.15, -0.1) is 0 Å². The Morgan fingerprint density at radius 3 is 2.85 bits per heavy atom. The minimum Gasteiger partial charge on any atom is -0.342 e. The Kier molecular flexibility index (Phi) is 4.23. The SMILES string of the molecule is CN(C(=O)Cc1ccc(F)c(F)c1)[C@@H]1CCc2[c]c3ccccc3n2C1. The summed E-state index contributed by atoms with van der Waals surface area (Å²) in [6.07, 6.45) is 1.80. The topological polar surface area (TPSA) is 25.2 Å². The molecule has 4 rings (SSSR count). The molecule has 1 aliphatic rings. The van der Waals surface area contributed by atoms with E-state index >= 15 is 0 Å². The smallest absolute Gasteiger partial charge is 0.227 e. The van der Waals surface area contributed by atoms with Gasteiger partial charge in [0.25, 0.3) is 0 Å². The summed E-state index contributed by atoms with van der Waals surface area (Å²) >= 11 is 0. The highest BCUT2D eigenvalue weighted by atomic mass is 19.2. The van der Waals surface area contributed by atoms with Crippen LogP contribution in [0.1, 0.15) is 17.7 Å². The minimum absolute atomic E-state index is 0.0651. The largest absolute Gasteiger partial charge is 0.342 e. The zero-order valence-electron chi connectivity index (χ0n) is 14.5. The molecule has 0 spiro atoms. The fraction of sp³-hybridized carbons (Fsp3) is 0.286. The number of halogens is 2. The van der Waals surface area contributed by atoms with Crippen molar-refractivity contribution in [3.8, 4) is 0 Å². The van der Waals surface area contributed by atoms with Crippen molar-refractivity contribution in [1.82, 2.24) is 9.47 Å². The lowest BCUT2D eigenvalue weighted by atomic mass is 10.0. The molecule has 0 N–H and O–H groups in total. The van der Waals surface area contributed by atoms with Crippen molar-refractivity contribution in [2.45, 2.75) is 31.8 Å². The third-order valence-electron chi connectivity index (χ3n) is 5.19. The molecular formula is C21H19F2N2O. The van der Waals surface area contributed by atoms with E-state index in [1.165, 1.54) is 11.8 Å². The van der Waals surface area contributed by atoms with Gasteiger partial charge in [0.15, 0.2) is 11.6 Å². The fourth-order valence-electron chi connectivity index (χ4n) is 3.66. The Hall–Kier alpha value is -2.69. The van der Waals surface area contributed by atoms with E-state index in [0.29, 0.717) is 5.56 Å². The van der Waals surface area contributed by atoms with E-state index in [1.54, 1.807) is 11.9 Å². The fourth-order valence-corrected chi connectivity index (χ4v) is 3.66. The van der Waals surface area contributed by atoms with Gasteiger partial charge in [0.05, 0.1) is 6.42 Å². The molecule has 2 heterocycles. The van der Waals surface area contributed by atoms with Gasteiger partial charge in [-0.2, -0.15) is 0 Å². The molecule has 26 heavy (non-hydrogen) atoms. The summed E-state index contributed by atoms with van der Waals surface area (Å²) in [6.45, 7) is 0.722. The Balaban J connectivity index is 1.50. The Morgan fingerprint density at radius 2 is 2.04 bits per heavy atom. The van der Waals surface area contributed by atoms with Crippen LogP contribution in [0.25, 0.3) is 10.9 Å². The summed E-state index contributed by atoms with van der Waals surface area (Å²) in [5.41, 5.74) is 2.79. The molecule has 0 unspecified atom stereocenters. The third-order valence-corrected chi connectivity index (χ3v) is 5.19. The molecule has 0 bridgehead atoms. The first-order chi connectivity index (χ1) is 12.5. The summed E-state index contributed by atoms with van der Waals surface area (Å²) < 4.78 is 28.6. The number of fused-ring (bicyclic) bond motifs is 3. The summed E-state index contributed by atoms with van der Waals surface area (Å²) in [6, 6.07) is 15.2. The minimum atomic E-state index is -0.922. The first kappa shape index (κ1) is 16.8. The van der Waals surface area contributed by atoms with E-state index in [2.05, 4.69) is 16.7 Å². The van der Waals surface area contributed by atoms with Gasteiger partial charge in [0.2, 0.25) is 5.91 Å². The number of hydrogen-bond donors (Lipinski definition) is 0. The van der Waals surface area contributed by atoms with Crippen LogP contribution in [-0.4, -0.2) is 28.5 Å². The van der Waals surface area contributed by atoms with Gasteiger partial charge in [0.1, 0.15) is 0 Å². The Bertz CT molecular complexity index is 979. The van der Waals surface area contributed by atoms with E-state index in [1.807, 2.05) is 18.2 Å². The molecule has 133 valence electrons. The van der Waals surface area contributed by atoms with Crippen LogP contribution in [0, 0.1) is 17.7 Å². The van der Waals surface area contributed by atoms with Crippen molar-refractivity contribution < 1.29 is 13.6 Å². The van der Waals surface area contributed by atoms with Crippen molar-refractivity contribution >= 4 is 16.8 Å². The van der Waals surface area contributed by atoms with Gasteiger partial charge >= 0.3 is 0 Å². The molecule has 1 aliphatic heterocycles. The van der Waals surface area contributed by atoms with Crippen LogP contribution in [0.3, 0.4) is 0 Å². The van der Waals surface area contributed by atoms with Crippen LogP contribution in [-0.2, 0) is 24.2 Å². The van der Waals surface area contributed by atoms with Gasteiger partial charge in [-0.25, -0.2) is 8.78 Å². The number of rotatable bonds is 3. The highest BCUT2D eigenvalue weighted by molar-refractivity contribution is 5.81. The van der Waals surface area contributed by atoms with E-state index in [0.717, 1.165) is 42.4 Å². The first-order valence-electron chi connectivity index (χ1n) is 8.72. The molecule has 0 saturated heterocycles. The third kappa shape index (κ3) is 2.98. The zero-order valence-corrected chi connectivity index (χ0v) is 14.5. The molecule has 1 atom stereocenters. The second kappa shape index (κ2) is 6.56. The van der Waals surface area contributed by atoms with Crippen molar-refractivity contribution in [2.75, 3.05) is 7.05 Å². The quantitative estimate of drug-likeness (QED) is 0.704. The van der Waals surface area contributed by atoms with Crippen LogP contribution in [0.2, 0.25) is 0 Å². The molecule has 3 aromatic rings. The highest BCUT2D eigenvalue weighted by Crippen LogP contribution is 2.26. The molecule has 5 heteroatoms. The number of likely N-dealkylation sites (N-methyl/N-ethyl adjacent to an activating group) is 1. The number of nitrogens with zero attached hydrogens (tertiary/aromatic N) is 2. The number of para-hydroxylation sites is 1. The monoisotopic (exact) mass is 353 g/mol. The number of aryl methyl sites for hydroxylation is 1. The van der Waals surface area contributed by atoms with Gasteiger partial charge in [0, 0.05) is 42.3 Å². The molecule has 3 nitrogen and oxygen atoms in total. The summed E-state index contributed by atoms with van der Waals surface area (Å²) in [5.74, 6) is -1.91. The van der Waals surface area contributed by atoms with Crippen LogP contribution in [0.5, 0.6) is 0 Å². The lowest BCUT2D eigenvalue weighted by Crippen LogP contribution is -2.43. The summed E-state index contributed by atoms with van der Waals surface area (Å²) in [5, 5.41) is 1.10. The maximum Gasteiger partial charge on any atom is 0.227 e. The van der Waals surface area contributed by atoms with Gasteiger partial charge in [-0.05, 0) is 36.6 Å². The molecule has 0 saturated carbocycles. The summed E-state index contributed by atoms with van der Waals surface area (Å²) in [4.78, 5) is 14.3. The Labute approximate surface area is 150 Å². The maximum atomic E-state index is 13.4. The first-order valence-corrected chi connectivity index (χ1v) is 8.72. The van der Waals surface area contributed by atoms with E-state index < -0.39 is 11.6 Å². The molecular weight excluding hydrogens is 334 g/mol. The van der Waals surface area contributed by atoms with Crippen molar-refractivity contribution in [1.29, 1.82) is 0 Å². The second-order valence-electron chi connectivity index (χ2n) is 6.82. The van der Waals surface area contributed by atoms with Crippen LogP contribution in [0.4, 0.5) is 8.78 Å². The van der Waals surface area contributed by atoms with Gasteiger partial charge < -0.3 is 9.47 Å². The molecule has 1 aromatic heterocycles. The van der Waals surface area contributed by atoms with Crippen molar-refractivity contribution in [3.05, 3.63) is 71.4 Å². The number of carbonyl (C=O) groups excluding carboxylic acids is 1. The molecule has 2 aromatic carbocycles. The van der Waals surface area contributed by atoms with Gasteiger partial charge in [-0.1, -0.05) is 24.3 Å². The molecule has 0 fully saturated rings. The Morgan fingerprint density at radius 1 is 1.23 bits per heavy atom.